The summed E-state index contributed by atoms with van der Waals surface area (Å²) in [6.07, 6.45) is 0. The number of nitriles is 1. The standard InChI is InChI=1S/C16H15NO4S/c1-13-2-8-16(9-3-13)22(18,19)21-11-10-20-15-6-4-14(12-17)5-7-15/h2-9H,10-11H2,1H3. The molecule has 0 aliphatic rings. The molecule has 0 N–H and O–H groups in total. The third-order valence-corrected chi connectivity index (χ3v) is 4.21. The van der Waals surface area contributed by atoms with Gasteiger partial charge in [-0.05, 0) is 43.3 Å². The average molecular weight is 317 g/mol. The minimum Gasteiger partial charge on any atom is -0.491 e. The van der Waals surface area contributed by atoms with Crippen LogP contribution in [0.1, 0.15) is 11.1 Å². The van der Waals surface area contributed by atoms with E-state index in [-0.39, 0.29) is 18.1 Å². The van der Waals surface area contributed by atoms with Crippen LogP contribution in [0, 0.1) is 18.3 Å². The van der Waals surface area contributed by atoms with Crippen LogP contribution in [0.5, 0.6) is 5.75 Å². The van der Waals surface area contributed by atoms with Crippen LogP contribution < -0.4 is 4.74 Å². The van der Waals surface area contributed by atoms with E-state index in [4.69, 9.17) is 14.2 Å². The van der Waals surface area contributed by atoms with Gasteiger partial charge in [0.25, 0.3) is 10.1 Å². The Hall–Kier alpha value is -2.36. The van der Waals surface area contributed by atoms with E-state index in [2.05, 4.69) is 0 Å². The lowest BCUT2D eigenvalue weighted by Crippen LogP contribution is -2.13. The maximum atomic E-state index is 11.9. The molecule has 0 bridgehead atoms. The molecule has 6 heteroatoms. The summed E-state index contributed by atoms with van der Waals surface area (Å²) in [5.74, 6) is 0.551. The molecule has 0 fully saturated rings. The Morgan fingerprint density at radius 2 is 1.64 bits per heavy atom. The van der Waals surface area contributed by atoms with E-state index in [1.54, 1.807) is 36.4 Å². The lowest BCUT2D eigenvalue weighted by atomic mass is 10.2. The SMILES string of the molecule is Cc1ccc(S(=O)(=O)OCCOc2ccc(C#N)cc2)cc1. The molecule has 5 nitrogen and oxygen atoms in total. The van der Waals surface area contributed by atoms with Crippen molar-refractivity contribution in [3.05, 3.63) is 59.7 Å². The summed E-state index contributed by atoms with van der Waals surface area (Å²) in [5.41, 5.74) is 1.51. The molecular formula is C16H15NO4S. The van der Waals surface area contributed by atoms with Crippen molar-refractivity contribution in [3.8, 4) is 11.8 Å². The van der Waals surface area contributed by atoms with E-state index < -0.39 is 10.1 Å². The largest absolute Gasteiger partial charge is 0.491 e. The predicted octanol–water partition coefficient (Wildman–Crippen LogP) is 2.65. The highest BCUT2D eigenvalue weighted by atomic mass is 32.2. The zero-order valence-electron chi connectivity index (χ0n) is 12.0. The Morgan fingerprint density at radius 3 is 2.23 bits per heavy atom. The van der Waals surface area contributed by atoms with Gasteiger partial charge in [0.05, 0.1) is 16.5 Å². The molecule has 0 amide bonds. The van der Waals surface area contributed by atoms with Crippen LogP contribution in [0.4, 0.5) is 0 Å². The van der Waals surface area contributed by atoms with Gasteiger partial charge in [-0.15, -0.1) is 0 Å². The van der Waals surface area contributed by atoms with Gasteiger partial charge in [-0.25, -0.2) is 0 Å². The van der Waals surface area contributed by atoms with Crippen LogP contribution in [-0.4, -0.2) is 21.6 Å². The van der Waals surface area contributed by atoms with Gasteiger partial charge in [-0.3, -0.25) is 4.18 Å². The summed E-state index contributed by atoms with van der Waals surface area (Å²) in [4.78, 5) is 0.122. The maximum Gasteiger partial charge on any atom is 0.297 e. The highest BCUT2D eigenvalue weighted by Gasteiger charge is 2.14. The lowest BCUT2D eigenvalue weighted by molar-refractivity contribution is 0.221. The van der Waals surface area contributed by atoms with Crippen molar-refractivity contribution in [3.63, 3.8) is 0 Å². The smallest absolute Gasteiger partial charge is 0.297 e. The van der Waals surface area contributed by atoms with Crippen LogP contribution in [-0.2, 0) is 14.3 Å². The van der Waals surface area contributed by atoms with Crippen molar-refractivity contribution in [1.29, 1.82) is 5.26 Å². The molecule has 0 unspecified atom stereocenters. The van der Waals surface area contributed by atoms with Gasteiger partial charge >= 0.3 is 0 Å². The second-order valence-electron chi connectivity index (χ2n) is 4.57. The molecule has 0 saturated heterocycles. The van der Waals surface area contributed by atoms with Crippen LogP contribution >= 0.6 is 0 Å². The van der Waals surface area contributed by atoms with Gasteiger partial charge in [-0.2, -0.15) is 13.7 Å². The Bertz CT molecular complexity index is 759. The molecule has 0 saturated carbocycles. The monoisotopic (exact) mass is 317 g/mol. The number of nitrogens with zero attached hydrogens (tertiary/aromatic N) is 1. The molecule has 2 rings (SSSR count). The summed E-state index contributed by atoms with van der Waals surface area (Å²) in [6.45, 7) is 1.88. The maximum absolute atomic E-state index is 11.9. The lowest BCUT2D eigenvalue weighted by Gasteiger charge is -2.08. The van der Waals surface area contributed by atoms with Crippen molar-refractivity contribution in [1.82, 2.24) is 0 Å². The summed E-state index contributed by atoms with van der Waals surface area (Å²) in [7, 11) is -3.77. The van der Waals surface area contributed by atoms with Crippen molar-refractivity contribution in [2.45, 2.75) is 11.8 Å². The second kappa shape index (κ2) is 7.07. The molecule has 0 aliphatic carbocycles. The van der Waals surface area contributed by atoms with Crippen LogP contribution in [0.25, 0.3) is 0 Å². The summed E-state index contributed by atoms with van der Waals surface area (Å²) < 4.78 is 34.1. The van der Waals surface area contributed by atoms with E-state index in [0.717, 1.165) is 5.56 Å². The molecule has 2 aromatic carbocycles. The fraction of sp³-hybridized carbons (Fsp3) is 0.188. The van der Waals surface area contributed by atoms with Crippen molar-refractivity contribution in [2.24, 2.45) is 0 Å². The molecule has 0 radical (unpaired) electrons. The van der Waals surface area contributed by atoms with Gasteiger partial charge in [-0.1, -0.05) is 17.7 Å². The number of benzene rings is 2. The molecule has 0 heterocycles. The van der Waals surface area contributed by atoms with E-state index in [1.165, 1.54) is 12.1 Å². The van der Waals surface area contributed by atoms with Gasteiger partial charge in [0.1, 0.15) is 19.0 Å². The first-order valence-corrected chi connectivity index (χ1v) is 8.01. The molecule has 0 aromatic heterocycles. The third-order valence-electron chi connectivity index (χ3n) is 2.88. The van der Waals surface area contributed by atoms with Crippen molar-refractivity contribution >= 4 is 10.1 Å². The minimum atomic E-state index is -3.77. The summed E-state index contributed by atoms with van der Waals surface area (Å²) >= 11 is 0. The first-order chi connectivity index (χ1) is 10.5. The first-order valence-electron chi connectivity index (χ1n) is 6.60. The fourth-order valence-corrected chi connectivity index (χ4v) is 2.59. The normalized spacial score (nSPS) is 10.9. The third kappa shape index (κ3) is 4.32. The fourth-order valence-electron chi connectivity index (χ4n) is 1.70. The number of ether oxygens (including phenoxy) is 1. The van der Waals surface area contributed by atoms with Crippen LogP contribution in [0.3, 0.4) is 0 Å². The van der Waals surface area contributed by atoms with Crippen LogP contribution in [0.15, 0.2) is 53.4 Å². The quantitative estimate of drug-likeness (QED) is 0.604. The van der Waals surface area contributed by atoms with Gasteiger partial charge in [0.2, 0.25) is 0 Å². The highest BCUT2D eigenvalue weighted by molar-refractivity contribution is 7.86. The van der Waals surface area contributed by atoms with E-state index in [1.807, 2.05) is 13.0 Å². The van der Waals surface area contributed by atoms with Gasteiger partial charge in [0, 0.05) is 0 Å². The Labute approximate surface area is 129 Å². The topological polar surface area (TPSA) is 76.4 Å². The molecule has 114 valence electrons. The van der Waals surface area contributed by atoms with Gasteiger partial charge in [0.15, 0.2) is 0 Å². The highest BCUT2D eigenvalue weighted by Crippen LogP contribution is 2.14. The average Bonchev–Trinajstić information content (AvgIpc) is 2.52. The van der Waals surface area contributed by atoms with Crippen molar-refractivity contribution in [2.75, 3.05) is 13.2 Å². The Balaban J connectivity index is 1.85. The van der Waals surface area contributed by atoms with Gasteiger partial charge < -0.3 is 4.74 Å². The molecule has 0 spiro atoms. The molecular weight excluding hydrogens is 302 g/mol. The molecule has 22 heavy (non-hydrogen) atoms. The van der Waals surface area contributed by atoms with E-state index in [0.29, 0.717) is 11.3 Å². The molecule has 0 aliphatic heterocycles. The van der Waals surface area contributed by atoms with Crippen LogP contribution in [0.2, 0.25) is 0 Å². The summed E-state index contributed by atoms with van der Waals surface area (Å²) in [5, 5.41) is 8.68. The number of rotatable bonds is 6. The first kappa shape index (κ1) is 16.0. The predicted molar refractivity (Wildman–Crippen MR) is 81.0 cm³/mol. The Kier molecular flexibility index (Phi) is 5.15. The summed E-state index contributed by atoms with van der Waals surface area (Å²) in [6, 6.07) is 15.0. The van der Waals surface area contributed by atoms with Crippen molar-refractivity contribution < 1.29 is 17.3 Å². The molecule has 0 atom stereocenters. The molecule has 2 aromatic rings. The number of aryl methyl sites for hydroxylation is 1. The minimum absolute atomic E-state index is 0.0871. The number of hydrogen-bond acceptors (Lipinski definition) is 5. The Morgan fingerprint density at radius 1 is 1.00 bits per heavy atom. The van der Waals surface area contributed by atoms with E-state index >= 15 is 0 Å². The zero-order chi connectivity index (χ0) is 16.0. The number of hydrogen-bond donors (Lipinski definition) is 0. The zero-order valence-corrected chi connectivity index (χ0v) is 12.8. The second-order valence-corrected chi connectivity index (χ2v) is 6.19. The van der Waals surface area contributed by atoms with E-state index in [9.17, 15) is 8.42 Å².